The van der Waals surface area contributed by atoms with E-state index in [4.69, 9.17) is 0 Å². The van der Waals surface area contributed by atoms with Crippen LogP contribution in [0.25, 0.3) is 0 Å². The van der Waals surface area contributed by atoms with Crippen LogP contribution in [0.2, 0.25) is 0 Å². The highest BCUT2D eigenvalue weighted by Crippen LogP contribution is 2.36. The zero-order chi connectivity index (χ0) is 13.3. The van der Waals surface area contributed by atoms with Crippen LogP contribution in [-0.2, 0) is 14.4 Å². The largest absolute Gasteiger partial charge is 0.550 e. The Morgan fingerprint density at radius 2 is 1.44 bits per heavy atom. The van der Waals surface area contributed by atoms with Gasteiger partial charge in [0.15, 0.2) is 0 Å². The fourth-order valence-corrected chi connectivity index (χ4v) is 1.30. The predicted octanol–water partition coefficient (Wildman–Crippen LogP) is -4.37. The molecule has 0 aliphatic rings. The highest BCUT2D eigenvalue weighted by Gasteiger charge is 2.50. The standard InChI is InChI=1S/C9H14O7/c1-4(5(10)11)9(16,7(14)15)8(2,3)6(12)13/h4,16H,1-3H3,(H,10,11)(H,12,13)(H,14,15)/p-3. The van der Waals surface area contributed by atoms with Gasteiger partial charge in [-0.05, 0) is 0 Å². The van der Waals surface area contributed by atoms with Gasteiger partial charge in [-0.15, -0.1) is 0 Å². The molecule has 0 aromatic carbocycles. The van der Waals surface area contributed by atoms with E-state index in [-0.39, 0.29) is 0 Å². The molecule has 92 valence electrons. The van der Waals surface area contributed by atoms with Gasteiger partial charge in [0.2, 0.25) is 0 Å². The molecule has 7 heteroatoms. The van der Waals surface area contributed by atoms with Gasteiger partial charge in [-0.2, -0.15) is 0 Å². The molecule has 0 heterocycles. The van der Waals surface area contributed by atoms with Crippen molar-refractivity contribution in [2.45, 2.75) is 26.4 Å². The van der Waals surface area contributed by atoms with Gasteiger partial charge in [-0.3, -0.25) is 0 Å². The maximum absolute atomic E-state index is 10.8. The first kappa shape index (κ1) is 14.4. The van der Waals surface area contributed by atoms with Crippen molar-refractivity contribution in [1.29, 1.82) is 0 Å². The number of hydrogen-bond acceptors (Lipinski definition) is 7. The molecular weight excluding hydrogens is 220 g/mol. The van der Waals surface area contributed by atoms with Crippen LogP contribution < -0.4 is 15.3 Å². The summed E-state index contributed by atoms with van der Waals surface area (Å²) in [6.45, 7) is 2.48. The van der Waals surface area contributed by atoms with E-state index in [2.05, 4.69) is 0 Å². The Morgan fingerprint density at radius 3 is 1.62 bits per heavy atom. The zero-order valence-electron chi connectivity index (χ0n) is 8.97. The number of aliphatic carboxylic acids is 3. The minimum atomic E-state index is -3.12. The van der Waals surface area contributed by atoms with E-state index in [9.17, 15) is 34.8 Å². The van der Waals surface area contributed by atoms with Crippen molar-refractivity contribution < 1.29 is 34.8 Å². The summed E-state index contributed by atoms with van der Waals surface area (Å²) in [6, 6.07) is 0. The van der Waals surface area contributed by atoms with Crippen molar-refractivity contribution in [3.63, 3.8) is 0 Å². The van der Waals surface area contributed by atoms with Crippen LogP contribution in [0.3, 0.4) is 0 Å². The molecule has 0 amide bonds. The molecular formula is C9H11O7-3. The van der Waals surface area contributed by atoms with E-state index >= 15 is 0 Å². The minimum absolute atomic E-state index is 0.815. The number of carbonyl (C=O) groups is 3. The Labute approximate surface area is 91.3 Å². The lowest BCUT2D eigenvalue weighted by Crippen LogP contribution is -2.68. The topological polar surface area (TPSA) is 141 Å². The molecule has 0 spiro atoms. The average Bonchev–Trinajstić information content (AvgIpc) is 2.14. The maximum Gasteiger partial charge on any atom is 0.122 e. The second-order valence-corrected chi connectivity index (χ2v) is 4.01. The third-order valence-corrected chi connectivity index (χ3v) is 2.75. The summed E-state index contributed by atoms with van der Waals surface area (Å²) in [5.41, 5.74) is -5.46. The van der Waals surface area contributed by atoms with E-state index in [1.54, 1.807) is 0 Å². The molecule has 16 heavy (non-hydrogen) atoms. The fraction of sp³-hybridized carbons (Fsp3) is 0.667. The predicted molar refractivity (Wildman–Crippen MR) is 42.9 cm³/mol. The van der Waals surface area contributed by atoms with Crippen LogP contribution in [0.5, 0.6) is 0 Å². The molecule has 0 aromatic rings. The van der Waals surface area contributed by atoms with Crippen LogP contribution in [0, 0.1) is 11.3 Å². The average molecular weight is 231 g/mol. The lowest BCUT2D eigenvalue weighted by molar-refractivity contribution is -0.360. The Morgan fingerprint density at radius 1 is 1.06 bits per heavy atom. The molecule has 0 rings (SSSR count). The highest BCUT2D eigenvalue weighted by atomic mass is 16.4. The first-order valence-electron chi connectivity index (χ1n) is 4.35. The van der Waals surface area contributed by atoms with Crippen LogP contribution in [0.1, 0.15) is 20.8 Å². The molecule has 0 aliphatic carbocycles. The highest BCUT2D eigenvalue weighted by molar-refractivity contribution is 5.90. The normalized spacial score (nSPS) is 17.2. The molecule has 0 aliphatic heterocycles. The first-order chi connectivity index (χ1) is 6.99. The summed E-state index contributed by atoms with van der Waals surface area (Å²) >= 11 is 0. The molecule has 2 unspecified atom stereocenters. The molecule has 1 N–H and O–H groups in total. The summed E-state index contributed by atoms with van der Waals surface area (Å²) in [5.74, 6) is -7.99. The van der Waals surface area contributed by atoms with Gasteiger partial charge in [0.1, 0.15) is 5.60 Å². The number of carboxylic acids is 3. The Balaban J connectivity index is 5.71. The first-order valence-corrected chi connectivity index (χ1v) is 4.35. The summed E-state index contributed by atoms with van der Waals surface area (Å²) < 4.78 is 0. The fourth-order valence-electron chi connectivity index (χ4n) is 1.30. The van der Waals surface area contributed by atoms with Crippen molar-refractivity contribution in [2.24, 2.45) is 11.3 Å². The van der Waals surface area contributed by atoms with Crippen molar-refractivity contribution in [3.05, 3.63) is 0 Å². The van der Waals surface area contributed by atoms with E-state index in [0.29, 0.717) is 0 Å². The molecule has 0 aromatic heterocycles. The third kappa shape index (κ3) is 1.85. The van der Waals surface area contributed by atoms with Gasteiger partial charge >= 0.3 is 0 Å². The quantitative estimate of drug-likeness (QED) is 0.503. The molecule has 2 atom stereocenters. The SMILES string of the molecule is CC(C(=O)[O-])C(O)(C(=O)[O-])C(C)(C)C(=O)[O-]. The van der Waals surface area contributed by atoms with Crippen molar-refractivity contribution in [3.8, 4) is 0 Å². The number of hydrogen-bond donors (Lipinski definition) is 1. The smallest absolute Gasteiger partial charge is 0.122 e. The maximum atomic E-state index is 10.8. The number of carboxylic acid groups (broad SMARTS) is 3. The van der Waals surface area contributed by atoms with E-state index < -0.39 is 34.8 Å². The minimum Gasteiger partial charge on any atom is -0.550 e. The van der Waals surface area contributed by atoms with Crippen molar-refractivity contribution in [1.82, 2.24) is 0 Å². The molecule has 7 nitrogen and oxygen atoms in total. The lowest BCUT2D eigenvalue weighted by atomic mass is 9.68. The van der Waals surface area contributed by atoms with Crippen molar-refractivity contribution in [2.75, 3.05) is 0 Å². The van der Waals surface area contributed by atoms with E-state index in [1.807, 2.05) is 0 Å². The summed E-state index contributed by atoms with van der Waals surface area (Å²) in [4.78, 5) is 32.0. The number of aliphatic hydroxyl groups is 1. The monoisotopic (exact) mass is 231 g/mol. The van der Waals surface area contributed by atoms with Gasteiger partial charge in [0.25, 0.3) is 0 Å². The van der Waals surface area contributed by atoms with Gasteiger partial charge in [0.05, 0.1) is 11.9 Å². The number of rotatable bonds is 5. The van der Waals surface area contributed by atoms with Crippen molar-refractivity contribution >= 4 is 17.9 Å². The second-order valence-electron chi connectivity index (χ2n) is 4.01. The Bertz CT molecular complexity index is 333. The van der Waals surface area contributed by atoms with Crippen LogP contribution in [0.4, 0.5) is 0 Å². The lowest BCUT2D eigenvalue weighted by Gasteiger charge is -2.47. The molecule has 0 bridgehead atoms. The van der Waals surface area contributed by atoms with E-state index in [0.717, 1.165) is 20.8 Å². The third-order valence-electron chi connectivity index (χ3n) is 2.75. The second kappa shape index (κ2) is 4.09. The Kier molecular flexibility index (Phi) is 3.67. The molecule has 0 saturated heterocycles. The van der Waals surface area contributed by atoms with Gasteiger partial charge in [0, 0.05) is 17.3 Å². The molecule has 0 fully saturated rings. The summed E-state index contributed by atoms with van der Waals surface area (Å²) in [5, 5.41) is 41.8. The zero-order valence-corrected chi connectivity index (χ0v) is 8.97. The van der Waals surface area contributed by atoms with Crippen LogP contribution in [-0.4, -0.2) is 28.6 Å². The molecule has 0 radical (unpaired) electrons. The number of carbonyl (C=O) groups excluding carboxylic acids is 3. The summed E-state index contributed by atoms with van der Waals surface area (Å²) in [6.07, 6.45) is 0. The van der Waals surface area contributed by atoms with Crippen LogP contribution >= 0.6 is 0 Å². The summed E-state index contributed by atoms with van der Waals surface area (Å²) in [7, 11) is 0. The Hall–Kier alpha value is -1.63. The van der Waals surface area contributed by atoms with E-state index in [1.165, 1.54) is 0 Å². The van der Waals surface area contributed by atoms with Gasteiger partial charge < -0.3 is 34.8 Å². The molecule has 0 saturated carbocycles. The van der Waals surface area contributed by atoms with Gasteiger partial charge in [-0.1, -0.05) is 20.8 Å². The van der Waals surface area contributed by atoms with Gasteiger partial charge in [-0.25, -0.2) is 0 Å². The van der Waals surface area contributed by atoms with Crippen LogP contribution in [0.15, 0.2) is 0 Å².